The van der Waals surface area contributed by atoms with Crippen LogP contribution in [0.4, 0.5) is 0 Å². The van der Waals surface area contributed by atoms with Gasteiger partial charge in [-0.1, -0.05) is 105 Å². The van der Waals surface area contributed by atoms with Gasteiger partial charge in [0.2, 0.25) is 0 Å². The van der Waals surface area contributed by atoms with E-state index in [1.807, 2.05) is 33.9 Å². The van der Waals surface area contributed by atoms with Crippen molar-refractivity contribution < 1.29 is 34.4 Å². The van der Waals surface area contributed by atoms with Crippen LogP contribution in [0.15, 0.2) is 71.0 Å². The smallest absolute Gasteiger partial charge is 0.161 e. The molecule has 0 fully saturated rings. The molecule has 0 saturated carbocycles. The third-order valence-electron chi connectivity index (χ3n) is 9.65. The van der Waals surface area contributed by atoms with Crippen LogP contribution in [0.5, 0.6) is 0 Å². The average molecular weight is 809 g/mol. The number of ketones is 1. The molecule has 47 heavy (non-hydrogen) atoms. The Kier molecular flexibility index (Phi) is 10.4. The molecular formula is C42H50IrNO3-. The summed E-state index contributed by atoms with van der Waals surface area (Å²) in [6.07, 6.45) is 5.62. The van der Waals surface area contributed by atoms with Gasteiger partial charge in [-0.05, 0) is 58.4 Å². The van der Waals surface area contributed by atoms with E-state index >= 15 is 0 Å². The number of rotatable bonds is 4. The van der Waals surface area contributed by atoms with Crippen LogP contribution in [0, 0.1) is 17.9 Å². The zero-order valence-corrected chi connectivity index (χ0v) is 32.3. The number of allylic oxidation sites excluding steroid dienone is 2. The molecule has 0 spiro atoms. The zero-order valence-electron chi connectivity index (χ0n) is 29.9. The first-order valence-electron chi connectivity index (χ1n) is 16.7. The number of aliphatic hydroxyl groups is 1. The molecule has 2 aromatic heterocycles. The fourth-order valence-electron chi connectivity index (χ4n) is 6.41. The second-order valence-corrected chi connectivity index (χ2v) is 16.0. The molecule has 6 rings (SSSR count). The van der Waals surface area contributed by atoms with Gasteiger partial charge in [0, 0.05) is 60.7 Å². The van der Waals surface area contributed by atoms with Gasteiger partial charge in [-0.3, -0.25) is 9.78 Å². The quantitative estimate of drug-likeness (QED) is 0.112. The number of nitrogens with zero attached hydrogens (tertiary/aromatic N) is 1. The van der Waals surface area contributed by atoms with Crippen molar-refractivity contribution in [2.75, 3.05) is 0 Å². The predicted molar refractivity (Wildman–Crippen MR) is 193 cm³/mol. The van der Waals surface area contributed by atoms with Crippen LogP contribution < -0.4 is 0 Å². The van der Waals surface area contributed by atoms with Gasteiger partial charge < -0.3 is 9.52 Å². The van der Waals surface area contributed by atoms with E-state index in [1.165, 1.54) is 46.4 Å². The first-order valence-corrected chi connectivity index (χ1v) is 16.7. The molecule has 251 valence electrons. The average Bonchev–Trinajstić information content (AvgIpc) is 3.36. The minimum absolute atomic E-state index is 0. The molecule has 0 bridgehead atoms. The Labute approximate surface area is 294 Å². The molecule has 2 heterocycles. The number of aliphatic hydroxyl groups excluding tert-OH is 1. The summed E-state index contributed by atoms with van der Waals surface area (Å²) in [5.74, 6) is 0.161. The van der Waals surface area contributed by atoms with Crippen molar-refractivity contribution in [3.8, 4) is 11.3 Å². The Morgan fingerprint density at radius 3 is 2.11 bits per heavy atom. The van der Waals surface area contributed by atoms with Crippen LogP contribution in [-0.4, -0.2) is 15.9 Å². The van der Waals surface area contributed by atoms with Gasteiger partial charge in [0.05, 0.1) is 5.76 Å². The molecule has 0 saturated heterocycles. The summed E-state index contributed by atoms with van der Waals surface area (Å²) in [4.78, 5) is 15.9. The number of fused-ring (bicyclic) bond motifs is 5. The molecule has 1 radical (unpaired) electrons. The standard InChI is InChI=1S/C33H34NO.C9H16O2.Ir/c1-31(2,3)25-17-21(16-20-10-8-9-11-22(20)25)29-30-23(12-15-34-29)24-18-26-27(19-28(24)35-30)33(6,7)14-13-32(26,4)5;1-6(2)8(10)5-9(11)7(3)4;/h8-12,15,17-19H,13-14H2,1-7H3;5-7,10H,1-4H3;/q-1;;/b;8-5-;. The Balaban J connectivity index is 0.000000361. The van der Waals surface area contributed by atoms with Crippen molar-refractivity contribution in [2.24, 2.45) is 11.8 Å². The van der Waals surface area contributed by atoms with Gasteiger partial charge in [-0.2, -0.15) is 0 Å². The van der Waals surface area contributed by atoms with Crippen LogP contribution in [-0.2, 0) is 41.1 Å². The summed E-state index contributed by atoms with van der Waals surface area (Å²) >= 11 is 0. The largest absolute Gasteiger partial charge is 0.512 e. The second-order valence-electron chi connectivity index (χ2n) is 16.0. The Morgan fingerprint density at radius 2 is 1.51 bits per heavy atom. The molecule has 1 N–H and O–H groups in total. The number of carbonyl (C=O) groups is 1. The molecule has 0 aliphatic heterocycles. The van der Waals surface area contributed by atoms with E-state index in [0.29, 0.717) is 0 Å². The number of furan rings is 1. The predicted octanol–water partition coefficient (Wildman–Crippen LogP) is 11.6. The van der Waals surface area contributed by atoms with E-state index in [-0.39, 0.29) is 59.7 Å². The van der Waals surface area contributed by atoms with Crippen LogP contribution in [0.1, 0.15) is 106 Å². The van der Waals surface area contributed by atoms with Gasteiger partial charge in [0.1, 0.15) is 11.2 Å². The minimum Gasteiger partial charge on any atom is -0.512 e. The number of hydrogen-bond donors (Lipinski definition) is 1. The van der Waals surface area contributed by atoms with Gasteiger partial charge >= 0.3 is 0 Å². The molecule has 5 aromatic rings. The van der Waals surface area contributed by atoms with Crippen molar-refractivity contribution in [3.63, 3.8) is 0 Å². The molecule has 3 aromatic carbocycles. The molecule has 0 unspecified atom stereocenters. The fraction of sp³-hybridized carbons (Fsp3) is 0.429. The minimum atomic E-state index is -0.0316. The third-order valence-corrected chi connectivity index (χ3v) is 9.65. The Hall–Kier alpha value is -3.27. The maximum atomic E-state index is 11.0. The van der Waals surface area contributed by atoms with Crippen molar-refractivity contribution in [1.82, 2.24) is 4.98 Å². The fourth-order valence-corrected chi connectivity index (χ4v) is 6.41. The SMILES string of the molecule is CC(C)(C)c1cc(-c2nccc3c2oc2cc4c(cc23)C(C)(C)CCC4(C)C)[c-]c2ccccc12.CC(C)C(=O)/C=C(\O)C(C)C.[Ir]. The van der Waals surface area contributed by atoms with Crippen molar-refractivity contribution in [2.45, 2.75) is 105 Å². The summed E-state index contributed by atoms with van der Waals surface area (Å²) in [6.45, 7) is 23.6. The molecule has 5 heteroatoms. The summed E-state index contributed by atoms with van der Waals surface area (Å²) in [5, 5.41) is 13.9. The number of hydrogen-bond acceptors (Lipinski definition) is 4. The number of aromatic nitrogens is 1. The van der Waals surface area contributed by atoms with E-state index < -0.39 is 0 Å². The van der Waals surface area contributed by atoms with E-state index in [2.05, 4.69) is 103 Å². The first kappa shape index (κ1) is 36.6. The number of pyridine rings is 1. The van der Waals surface area contributed by atoms with Gasteiger partial charge in [-0.25, -0.2) is 0 Å². The van der Waals surface area contributed by atoms with E-state index in [0.717, 1.165) is 33.2 Å². The maximum Gasteiger partial charge on any atom is 0.161 e. The molecule has 1 aliphatic rings. The summed E-state index contributed by atoms with van der Waals surface area (Å²) < 4.78 is 6.62. The van der Waals surface area contributed by atoms with E-state index in [1.54, 1.807) is 0 Å². The molecule has 1 aliphatic carbocycles. The first-order chi connectivity index (χ1) is 21.4. The van der Waals surface area contributed by atoms with Crippen LogP contribution >= 0.6 is 0 Å². The molecule has 0 atom stereocenters. The van der Waals surface area contributed by atoms with Crippen LogP contribution in [0.25, 0.3) is 44.0 Å². The number of carbonyl (C=O) groups excluding carboxylic acids is 1. The normalized spacial score (nSPS) is 15.8. The molecule has 0 amide bonds. The Morgan fingerprint density at radius 1 is 0.894 bits per heavy atom. The van der Waals surface area contributed by atoms with E-state index in [9.17, 15) is 9.90 Å². The second kappa shape index (κ2) is 13.3. The topological polar surface area (TPSA) is 63.3 Å². The zero-order chi connectivity index (χ0) is 33.8. The Bertz CT molecular complexity index is 1970. The summed E-state index contributed by atoms with van der Waals surface area (Å²) in [7, 11) is 0. The molecule has 4 nitrogen and oxygen atoms in total. The monoisotopic (exact) mass is 809 g/mol. The van der Waals surface area contributed by atoms with Gasteiger partial charge in [0.15, 0.2) is 5.78 Å². The van der Waals surface area contributed by atoms with Crippen LogP contribution in [0.2, 0.25) is 0 Å². The molecular weight excluding hydrogens is 759 g/mol. The summed E-state index contributed by atoms with van der Waals surface area (Å²) in [6, 6.07) is 21.2. The number of benzene rings is 3. The van der Waals surface area contributed by atoms with E-state index in [4.69, 9.17) is 9.40 Å². The van der Waals surface area contributed by atoms with Crippen molar-refractivity contribution in [1.29, 1.82) is 0 Å². The summed E-state index contributed by atoms with van der Waals surface area (Å²) in [5.41, 5.74) is 8.14. The van der Waals surface area contributed by atoms with Gasteiger partial charge in [0.25, 0.3) is 0 Å². The van der Waals surface area contributed by atoms with Gasteiger partial charge in [-0.15, -0.1) is 29.1 Å². The van der Waals surface area contributed by atoms with Crippen molar-refractivity contribution in [3.05, 3.63) is 89.3 Å². The maximum absolute atomic E-state index is 11.0. The van der Waals surface area contributed by atoms with Crippen molar-refractivity contribution >= 4 is 38.5 Å². The van der Waals surface area contributed by atoms with Crippen LogP contribution in [0.3, 0.4) is 0 Å². The third kappa shape index (κ3) is 7.27.